The van der Waals surface area contributed by atoms with Gasteiger partial charge in [-0.25, -0.2) is 0 Å². The molecule has 28 heavy (non-hydrogen) atoms. The van der Waals surface area contributed by atoms with Crippen LogP contribution in [0.25, 0.3) is 11.6 Å². The Labute approximate surface area is 173 Å². The average Bonchev–Trinajstić information content (AvgIpc) is 2.68. The summed E-state index contributed by atoms with van der Waals surface area (Å²) in [4.78, 5) is 0.0744. The molecule has 0 N–H and O–H groups in total. The van der Waals surface area contributed by atoms with Gasteiger partial charge in [-0.05, 0) is 48.9 Å². The molecule has 0 unspecified atom stereocenters. The van der Waals surface area contributed by atoms with Gasteiger partial charge in [0.05, 0.1) is 11.6 Å². The molecule has 6 heteroatoms. The summed E-state index contributed by atoms with van der Waals surface area (Å²) in [7, 11) is -3.98. The molecule has 4 nitrogen and oxygen atoms in total. The normalized spacial score (nSPS) is 11.7. The lowest BCUT2D eigenvalue weighted by Gasteiger charge is -2.10. The van der Waals surface area contributed by atoms with Crippen LogP contribution in [0.2, 0.25) is 0 Å². The van der Waals surface area contributed by atoms with E-state index in [9.17, 15) is 13.7 Å². The number of nitrogens with zero attached hydrogens (tertiary/aromatic N) is 1. The lowest BCUT2D eigenvalue weighted by atomic mass is 10.0. The molecule has 0 aliphatic heterocycles. The molecule has 3 rings (SSSR count). The highest BCUT2D eigenvalue weighted by Crippen LogP contribution is 2.28. The van der Waals surface area contributed by atoms with Gasteiger partial charge >= 0.3 is 10.1 Å². The summed E-state index contributed by atoms with van der Waals surface area (Å²) < 4.78 is 31.5. The first-order valence-corrected chi connectivity index (χ1v) is 10.6. The number of hydrogen-bond donors (Lipinski definition) is 0. The van der Waals surface area contributed by atoms with Gasteiger partial charge in [0.2, 0.25) is 0 Å². The monoisotopic (exact) mass is 453 g/mol. The van der Waals surface area contributed by atoms with Crippen molar-refractivity contribution in [3.8, 4) is 11.8 Å². The Morgan fingerprint density at radius 1 is 1.00 bits per heavy atom. The van der Waals surface area contributed by atoms with E-state index in [1.54, 1.807) is 42.5 Å². The third-order valence-electron chi connectivity index (χ3n) is 4.00. The minimum Gasteiger partial charge on any atom is -0.378 e. The lowest BCUT2D eigenvalue weighted by molar-refractivity contribution is 0.485. The van der Waals surface area contributed by atoms with Crippen molar-refractivity contribution < 1.29 is 12.6 Å². The molecule has 0 aliphatic rings. The highest BCUT2D eigenvalue weighted by atomic mass is 79.9. The van der Waals surface area contributed by atoms with Gasteiger partial charge in [-0.2, -0.15) is 13.7 Å². The smallest absolute Gasteiger partial charge is 0.339 e. The van der Waals surface area contributed by atoms with Gasteiger partial charge in [0.25, 0.3) is 0 Å². The Bertz CT molecular complexity index is 1160. The van der Waals surface area contributed by atoms with Gasteiger partial charge in [0, 0.05) is 10.0 Å². The molecule has 3 aromatic carbocycles. The van der Waals surface area contributed by atoms with Crippen LogP contribution in [0.4, 0.5) is 0 Å². The number of aryl methyl sites for hydroxylation is 1. The number of rotatable bonds is 5. The van der Waals surface area contributed by atoms with Crippen LogP contribution in [0.1, 0.15) is 16.7 Å². The third-order valence-corrected chi connectivity index (χ3v) is 5.78. The van der Waals surface area contributed by atoms with Crippen molar-refractivity contribution >= 4 is 37.7 Å². The SMILES string of the molecule is Cc1ccc(S(=O)(=O)Oc2ccccc2/C=C(\C#N)c2ccc(Br)cc2)cc1. The largest absolute Gasteiger partial charge is 0.378 e. The summed E-state index contributed by atoms with van der Waals surface area (Å²) in [6.45, 7) is 1.88. The maximum Gasteiger partial charge on any atom is 0.339 e. The highest BCUT2D eigenvalue weighted by molar-refractivity contribution is 9.10. The van der Waals surface area contributed by atoms with Gasteiger partial charge in [-0.1, -0.05) is 64.0 Å². The van der Waals surface area contributed by atoms with E-state index in [-0.39, 0.29) is 10.6 Å². The van der Waals surface area contributed by atoms with Crippen molar-refractivity contribution in [1.82, 2.24) is 0 Å². The molecule has 0 bridgehead atoms. The van der Waals surface area contributed by atoms with Crippen LogP contribution in [-0.4, -0.2) is 8.42 Å². The Morgan fingerprint density at radius 2 is 1.64 bits per heavy atom. The van der Waals surface area contributed by atoms with Crippen LogP contribution in [0.5, 0.6) is 5.75 Å². The fourth-order valence-corrected chi connectivity index (χ4v) is 3.73. The number of hydrogen-bond acceptors (Lipinski definition) is 4. The van der Waals surface area contributed by atoms with E-state index in [2.05, 4.69) is 22.0 Å². The van der Waals surface area contributed by atoms with Crippen LogP contribution in [0.15, 0.2) is 82.2 Å². The van der Waals surface area contributed by atoms with Crippen LogP contribution in [0.3, 0.4) is 0 Å². The Hall–Kier alpha value is -2.88. The predicted molar refractivity (Wildman–Crippen MR) is 113 cm³/mol. The van der Waals surface area contributed by atoms with E-state index in [4.69, 9.17) is 4.18 Å². The fraction of sp³-hybridized carbons (Fsp3) is 0.0455. The first-order valence-electron chi connectivity index (χ1n) is 8.37. The van der Waals surface area contributed by atoms with Gasteiger partial charge in [-0.15, -0.1) is 0 Å². The number of nitriles is 1. The van der Waals surface area contributed by atoms with Crippen LogP contribution in [0, 0.1) is 18.3 Å². The van der Waals surface area contributed by atoms with Crippen molar-refractivity contribution in [3.63, 3.8) is 0 Å². The average molecular weight is 454 g/mol. The fourth-order valence-electron chi connectivity index (χ4n) is 2.51. The van der Waals surface area contributed by atoms with E-state index >= 15 is 0 Å². The van der Waals surface area contributed by atoms with E-state index < -0.39 is 10.1 Å². The molecule has 0 heterocycles. The van der Waals surface area contributed by atoms with Crippen LogP contribution < -0.4 is 4.18 Å². The van der Waals surface area contributed by atoms with Gasteiger partial charge < -0.3 is 4.18 Å². The zero-order valence-electron chi connectivity index (χ0n) is 15.0. The van der Waals surface area contributed by atoms with Crippen molar-refractivity contribution in [2.75, 3.05) is 0 Å². The maximum absolute atomic E-state index is 12.6. The molecule has 0 aromatic heterocycles. The molecule has 0 aliphatic carbocycles. The molecule has 0 fully saturated rings. The van der Waals surface area contributed by atoms with Gasteiger partial charge in [-0.3, -0.25) is 0 Å². The van der Waals surface area contributed by atoms with Crippen LogP contribution in [-0.2, 0) is 10.1 Å². The topological polar surface area (TPSA) is 67.2 Å². The first kappa shape index (κ1) is 19.9. The van der Waals surface area contributed by atoms with E-state index in [1.807, 2.05) is 31.2 Å². The summed E-state index contributed by atoms with van der Waals surface area (Å²) in [5, 5.41) is 9.55. The minimum atomic E-state index is -3.98. The number of allylic oxidation sites excluding steroid dienone is 1. The molecule has 3 aromatic rings. The highest BCUT2D eigenvalue weighted by Gasteiger charge is 2.18. The first-order chi connectivity index (χ1) is 13.4. The summed E-state index contributed by atoms with van der Waals surface area (Å²) >= 11 is 3.37. The summed E-state index contributed by atoms with van der Waals surface area (Å²) in [6.07, 6.45) is 1.61. The molecule has 0 amide bonds. The summed E-state index contributed by atoms with van der Waals surface area (Å²) in [5.74, 6) is 0.160. The second kappa shape index (κ2) is 8.42. The zero-order valence-corrected chi connectivity index (χ0v) is 17.4. The molecule has 140 valence electrons. The number of para-hydroxylation sites is 1. The van der Waals surface area contributed by atoms with Crippen molar-refractivity contribution in [2.24, 2.45) is 0 Å². The van der Waals surface area contributed by atoms with E-state index in [0.717, 1.165) is 15.6 Å². The minimum absolute atomic E-state index is 0.0744. The molecule has 0 spiro atoms. The molecular formula is C22H16BrNO3S. The Kier molecular flexibility index (Phi) is 5.98. The lowest BCUT2D eigenvalue weighted by Crippen LogP contribution is -2.10. The van der Waals surface area contributed by atoms with Crippen molar-refractivity contribution in [3.05, 3.63) is 94.0 Å². The molecule has 0 atom stereocenters. The molecule has 0 radical (unpaired) electrons. The summed E-state index contributed by atoms with van der Waals surface area (Å²) in [6, 6.07) is 22.6. The Morgan fingerprint density at radius 3 is 2.29 bits per heavy atom. The second-order valence-corrected chi connectivity index (χ2v) is 8.53. The van der Waals surface area contributed by atoms with Crippen molar-refractivity contribution in [2.45, 2.75) is 11.8 Å². The van der Waals surface area contributed by atoms with Crippen molar-refractivity contribution in [1.29, 1.82) is 5.26 Å². The van der Waals surface area contributed by atoms with Gasteiger partial charge in [0.15, 0.2) is 0 Å². The number of benzene rings is 3. The predicted octanol–water partition coefficient (Wildman–Crippen LogP) is 5.59. The maximum atomic E-state index is 12.6. The second-order valence-electron chi connectivity index (χ2n) is 6.07. The molecule has 0 saturated carbocycles. The quantitative estimate of drug-likeness (QED) is 0.286. The van der Waals surface area contributed by atoms with Gasteiger partial charge in [0.1, 0.15) is 10.6 Å². The van der Waals surface area contributed by atoms with E-state index in [1.165, 1.54) is 12.1 Å². The standard InChI is InChI=1S/C22H16BrNO3S/c1-16-6-12-21(13-7-16)28(25,26)27-22-5-3-2-4-18(22)14-19(15-24)17-8-10-20(23)11-9-17/h2-14H,1H3/b19-14+. The zero-order chi connectivity index (χ0) is 20.1. The number of halogens is 1. The Balaban J connectivity index is 1.98. The summed E-state index contributed by atoms with van der Waals surface area (Å²) in [5.41, 5.74) is 2.58. The van der Waals surface area contributed by atoms with E-state index in [0.29, 0.717) is 11.1 Å². The molecule has 0 saturated heterocycles. The third kappa shape index (κ3) is 4.69. The molecular weight excluding hydrogens is 438 g/mol. The van der Waals surface area contributed by atoms with Crippen LogP contribution >= 0.6 is 15.9 Å².